The number of nitrogens with zero attached hydrogens (tertiary/aromatic N) is 3. The smallest absolute Gasteiger partial charge is 0.124 e. The van der Waals surface area contributed by atoms with E-state index >= 15 is 0 Å². The van der Waals surface area contributed by atoms with Crippen molar-refractivity contribution in [3.05, 3.63) is 248 Å². The van der Waals surface area contributed by atoms with Gasteiger partial charge in [-0.25, -0.2) is 0 Å². The quantitative estimate of drug-likeness (QED) is 0.116. The summed E-state index contributed by atoms with van der Waals surface area (Å²) in [4.78, 5) is 13.6. The van der Waals surface area contributed by atoms with E-state index in [-0.39, 0.29) is 11.5 Å². The van der Waals surface area contributed by atoms with Crippen LogP contribution < -0.4 is 9.47 Å². The van der Waals surface area contributed by atoms with Gasteiger partial charge in [-0.3, -0.25) is 15.0 Å². The number of aromatic nitrogens is 3. The molecular formula is C59H43N3O2. The molecule has 10 rings (SSSR count). The lowest BCUT2D eigenvalue weighted by Gasteiger charge is -2.16. The van der Waals surface area contributed by atoms with Crippen LogP contribution in [-0.4, -0.2) is 15.0 Å². The fourth-order valence-corrected chi connectivity index (χ4v) is 7.63. The minimum atomic E-state index is -2.27. The van der Waals surface area contributed by atoms with E-state index in [1.165, 1.54) is 11.6 Å². The second kappa shape index (κ2) is 18.7. The van der Waals surface area contributed by atoms with Crippen LogP contribution in [0.25, 0.3) is 78.3 Å². The van der Waals surface area contributed by atoms with Crippen molar-refractivity contribution < 1.29 is 15.0 Å². The summed E-state index contributed by atoms with van der Waals surface area (Å²) in [6.07, 6.45) is 5.28. The highest BCUT2D eigenvalue weighted by atomic mass is 16.5. The first kappa shape index (κ1) is 35.2. The summed E-state index contributed by atoms with van der Waals surface area (Å²) >= 11 is 0. The first-order valence-corrected chi connectivity index (χ1v) is 21.0. The molecule has 64 heavy (non-hydrogen) atoms. The van der Waals surface area contributed by atoms with Crippen LogP contribution in [0.1, 0.15) is 16.6 Å². The number of pyridine rings is 3. The van der Waals surface area contributed by atoms with Crippen molar-refractivity contribution in [2.75, 3.05) is 0 Å². The predicted molar refractivity (Wildman–Crippen MR) is 259 cm³/mol. The van der Waals surface area contributed by atoms with Crippen molar-refractivity contribution in [1.29, 1.82) is 0 Å². The summed E-state index contributed by atoms with van der Waals surface area (Å²) in [6.45, 7) is -4.55. The van der Waals surface area contributed by atoms with Gasteiger partial charge in [-0.1, -0.05) is 164 Å². The van der Waals surface area contributed by atoms with Gasteiger partial charge < -0.3 is 9.47 Å². The molecule has 306 valence electrons. The van der Waals surface area contributed by atoms with Gasteiger partial charge in [0.15, 0.2) is 0 Å². The molecule has 10 aromatic rings. The molecule has 5 heteroatoms. The first-order valence-electron chi connectivity index (χ1n) is 23.0. The molecule has 0 bridgehead atoms. The van der Waals surface area contributed by atoms with Crippen LogP contribution in [0.3, 0.4) is 0 Å². The van der Waals surface area contributed by atoms with Gasteiger partial charge in [0, 0.05) is 41.3 Å². The molecule has 5 nitrogen and oxygen atoms in total. The lowest BCUT2D eigenvalue weighted by molar-refractivity contribution is 0.290. The average Bonchev–Trinajstić information content (AvgIpc) is 3.39. The largest absolute Gasteiger partial charge is 0.489 e. The molecule has 0 aliphatic heterocycles. The molecule has 0 atom stereocenters. The molecule has 3 aromatic heterocycles. The lowest BCUT2D eigenvalue weighted by Crippen LogP contribution is -1.99. The second-order valence-corrected chi connectivity index (χ2v) is 15.2. The Morgan fingerprint density at radius 2 is 0.719 bits per heavy atom. The summed E-state index contributed by atoms with van der Waals surface area (Å²) in [6, 6.07) is 69.6. The fraction of sp³-hybridized carbons (Fsp3) is 0.0339. The summed E-state index contributed by atoms with van der Waals surface area (Å²) in [5, 5.41) is 0. The normalized spacial score (nSPS) is 12.3. The van der Waals surface area contributed by atoms with Crippen molar-refractivity contribution in [3.63, 3.8) is 0 Å². The van der Waals surface area contributed by atoms with Crippen LogP contribution in [0.2, 0.25) is 0 Å². The van der Waals surface area contributed by atoms with E-state index in [1.807, 2.05) is 115 Å². The molecule has 0 amide bonds. The molecular weight excluding hydrogens is 783 g/mol. The Labute approximate surface area is 379 Å². The van der Waals surface area contributed by atoms with Gasteiger partial charge >= 0.3 is 0 Å². The van der Waals surface area contributed by atoms with Crippen LogP contribution in [0.5, 0.6) is 11.5 Å². The summed E-state index contributed by atoms with van der Waals surface area (Å²) in [7, 11) is 0. The third kappa shape index (κ3) is 9.25. The third-order valence-corrected chi connectivity index (χ3v) is 11.0. The average molecular weight is 830 g/mol. The standard InChI is InChI=1S/C59H43N3O2/c1-2-10-44(11-3-1)45-24-26-46(27-25-45)51-32-35-62-59(38-51)50-30-28-47(29-31-50)55-12-4-5-13-56(55)52-36-53(63-40-42-16-20-48(21-17-42)57-14-6-8-33-60-57)39-54(37-52)64-41-43-18-22-49(23-19-43)58-15-7-9-34-61-58/h1-39H,40-41H2/i40D2,41D2. The lowest BCUT2D eigenvalue weighted by atomic mass is 9.93. The van der Waals surface area contributed by atoms with Crippen LogP contribution in [-0.2, 0) is 13.1 Å². The third-order valence-electron chi connectivity index (χ3n) is 11.0. The van der Waals surface area contributed by atoms with Crippen LogP contribution in [0.15, 0.2) is 237 Å². The zero-order chi connectivity index (χ0) is 46.5. The Hall–Kier alpha value is -8.41. The minimum absolute atomic E-state index is 0.156. The molecule has 0 saturated heterocycles. The number of benzene rings is 7. The molecule has 0 fully saturated rings. The fourth-order valence-electron chi connectivity index (χ4n) is 7.63. The first-order chi connectivity index (χ1) is 33.1. The van der Waals surface area contributed by atoms with Crippen LogP contribution in [0.4, 0.5) is 0 Å². The van der Waals surface area contributed by atoms with Crippen molar-refractivity contribution in [3.8, 4) is 89.8 Å². The van der Waals surface area contributed by atoms with Gasteiger partial charge in [0.05, 0.1) is 22.6 Å². The Bertz CT molecular complexity index is 3180. The number of rotatable bonds is 13. The monoisotopic (exact) mass is 829 g/mol. The molecule has 0 unspecified atom stereocenters. The van der Waals surface area contributed by atoms with Gasteiger partial charge in [0.1, 0.15) is 24.6 Å². The van der Waals surface area contributed by atoms with E-state index in [0.717, 1.165) is 67.2 Å². The Balaban J connectivity index is 0.961. The van der Waals surface area contributed by atoms with E-state index < -0.39 is 13.1 Å². The number of hydrogen-bond acceptors (Lipinski definition) is 5. The zero-order valence-electron chi connectivity index (χ0n) is 38.7. The molecule has 0 saturated carbocycles. The van der Waals surface area contributed by atoms with E-state index in [4.69, 9.17) is 19.9 Å². The predicted octanol–water partition coefficient (Wildman–Crippen LogP) is 14.7. The van der Waals surface area contributed by atoms with E-state index in [1.54, 1.807) is 48.8 Å². The van der Waals surface area contributed by atoms with Gasteiger partial charge in [-0.2, -0.15) is 0 Å². The Kier molecular flexibility index (Phi) is 10.3. The van der Waals surface area contributed by atoms with Crippen LogP contribution >= 0.6 is 0 Å². The Morgan fingerprint density at radius 3 is 1.27 bits per heavy atom. The molecule has 7 aromatic carbocycles. The van der Waals surface area contributed by atoms with E-state index in [9.17, 15) is 0 Å². The SMILES string of the molecule is [2H]C([2H])(Oc1cc(OC([2H])([2H])c2ccc(-c3ccccn3)cc2)cc(-c2ccccc2-c2ccc(-c3cc(-c4ccc(-c5ccccc5)cc4)ccn3)cc2)c1)c1ccc(-c2ccccn2)cc1. The maximum absolute atomic E-state index is 9.11. The highest BCUT2D eigenvalue weighted by molar-refractivity contribution is 5.85. The summed E-state index contributed by atoms with van der Waals surface area (Å²) in [5.74, 6) is 0.312. The highest BCUT2D eigenvalue weighted by Gasteiger charge is 2.13. The van der Waals surface area contributed by atoms with Crippen molar-refractivity contribution in [2.45, 2.75) is 13.1 Å². The Morgan fingerprint density at radius 1 is 0.297 bits per heavy atom. The summed E-state index contributed by atoms with van der Waals surface area (Å²) in [5.41, 5.74) is 13.5. The molecule has 0 aliphatic carbocycles. The van der Waals surface area contributed by atoms with Crippen molar-refractivity contribution in [1.82, 2.24) is 15.0 Å². The maximum Gasteiger partial charge on any atom is 0.124 e. The van der Waals surface area contributed by atoms with Gasteiger partial charge in [-0.15, -0.1) is 0 Å². The molecule has 0 radical (unpaired) electrons. The zero-order valence-corrected chi connectivity index (χ0v) is 34.7. The molecule has 0 spiro atoms. The van der Waals surface area contributed by atoms with Crippen LogP contribution in [0, 0.1) is 0 Å². The van der Waals surface area contributed by atoms with Gasteiger partial charge in [0.2, 0.25) is 0 Å². The topological polar surface area (TPSA) is 57.1 Å². The summed E-state index contributed by atoms with van der Waals surface area (Å²) < 4.78 is 48.8. The van der Waals surface area contributed by atoms with Crippen molar-refractivity contribution in [2.24, 2.45) is 0 Å². The molecule has 3 heterocycles. The molecule has 0 N–H and O–H groups in total. The number of hydrogen-bond donors (Lipinski definition) is 0. The van der Waals surface area contributed by atoms with Gasteiger partial charge in [-0.05, 0) is 104 Å². The van der Waals surface area contributed by atoms with E-state index in [0.29, 0.717) is 16.7 Å². The molecule has 0 aliphatic rings. The van der Waals surface area contributed by atoms with Gasteiger partial charge in [0.25, 0.3) is 0 Å². The number of ether oxygens (including phenoxy) is 2. The van der Waals surface area contributed by atoms with E-state index in [2.05, 4.69) is 76.7 Å². The minimum Gasteiger partial charge on any atom is -0.489 e. The maximum atomic E-state index is 9.11. The van der Waals surface area contributed by atoms with Crippen molar-refractivity contribution >= 4 is 0 Å². The highest BCUT2D eigenvalue weighted by Crippen LogP contribution is 2.38. The second-order valence-electron chi connectivity index (χ2n) is 15.2.